The Kier molecular flexibility index (Phi) is 3.01. The summed E-state index contributed by atoms with van der Waals surface area (Å²) >= 11 is 0. The molecule has 58 valence electrons. The van der Waals surface area contributed by atoms with Crippen molar-refractivity contribution in [3.05, 3.63) is 0 Å². The molecule has 1 atom stereocenters. The molecule has 0 saturated carbocycles. The SMILES string of the molecule is [SiH2]=CCC1([SiH3])CCCCO1. The summed E-state index contributed by atoms with van der Waals surface area (Å²) in [7, 11) is 3.13. The molecule has 1 unspecified atom stereocenters. The van der Waals surface area contributed by atoms with Crippen molar-refractivity contribution >= 4 is 25.8 Å². The van der Waals surface area contributed by atoms with E-state index in [9.17, 15) is 0 Å². The molecular weight excluding hydrogens is 156 g/mol. The van der Waals surface area contributed by atoms with Crippen molar-refractivity contribution in [2.24, 2.45) is 0 Å². The largest absolute Gasteiger partial charge is 0.379 e. The van der Waals surface area contributed by atoms with E-state index in [1.54, 1.807) is 0 Å². The topological polar surface area (TPSA) is 9.23 Å². The average molecular weight is 172 g/mol. The van der Waals surface area contributed by atoms with Gasteiger partial charge in [0, 0.05) is 16.8 Å². The van der Waals surface area contributed by atoms with Gasteiger partial charge in [0.15, 0.2) is 0 Å². The van der Waals surface area contributed by atoms with Crippen molar-refractivity contribution in [3.63, 3.8) is 0 Å². The molecule has 0 amide bonds. The van der Waals surface area contributed by atoms with Crippen molar-refractivity contribution in [2.75, 3.05) is 6.61 Å². The molecule has 0 radical (unpaired) electrons. The number of ether oxygens (including phenoxy) is 1. The smallest absolute Gasteiger partial charge is 0.0515 e. The Morgan fingerprint density at radius 3 is 2.90 bits per heavy atom. The first kappa shape index (κ1) is 8.36. The van der Waals surface area contributed by atoms with E-state index >= 15 is 0 Å². The summed E-state index contributed by atoms with van der Waals surface area (Å²) in [5, 5.41) is 0.319. The van der Waals surface area contributed by atoms with Crippen LogP contribution in [0.3, 0.4) is 0 Å². The second-order valence-corrected chi connectivity index (χ2v) is 5.65. The van der Waals surface area contributed by atoms with Gasteiger partial charge in [-0.2, -0.15) is 0 Å². The van der Waals surface area contributed by atoms with Crippen molar-refractivity contribution < 1.29 is 4.74 Å². The molecule has 0 aromatic carbocycles. The van der Waals surface area contributed by atoms with Gasteiger partial charge in [-0.1, -0.05) is 0 Å². The molecule has 1 aliphatic heterocycles. The van der Waals surface area contributed by atoms with E-state index in [4.69, 9.17) is 4.74 Å². The van der Waals surface area contributed by atoms with Crippen molar-refractivity contribution in [3.8, 4) is 0 Å². The van der Waals surface area contributed by atoms with Crippen molar-refractivity contribution in [1.29, 1.82) is 0 Å². The van der Waals surface area contributed by atoms with Gasteiger partial charge >= 0.3 is 0 Å². The maximum Gasteiger partial charge on any atom is 0.0515 e. The standard InChI is InChI=1S/C7H16OSi2/c9-6-4-7(10)3-1-2-5-8-7/h6H,1-5,9H2,10H3. The fourth-order valence-electron chi connectivity index (χ4n) is 1.46. The van der Waals surface area contributed by atoms with Gasteiger partial charge in [0.25, 0.3) is 0 Å². The molecule has 1 heterocycles. The van der Waals surface area contributed by atoms with E-state index < -0.39 is 0 Å². The molecule has 1 fully saturated rings. The summed E-state index contributed by atoms with van der Waals surface area (Å²) in [5.74, 6) is 0. The molecule has 0 aliphatic carbocycles. The van der Waals surface area contributed by atoms with Gasteiger partial charge in [-0.05, 0) is 35.5 Å². The first-order valence-electron chi connectivity index (χ1n) is 4.02. The Labute approximate surface area is 68.6 Å². The summed E-state index contributed by atoms with van der Waals surface area (Å²) in [6.45, 7) is 1.00. The number of rotatable bonds is 2. The van der Waals surface area contributed by atoms with E-state index in [1.165, 1.54) is 35.9 Å². The van der Waals surface area contributed by atoms with Crippen LogP contribution in [0.25, 0.3) is 0 Å². The van der Waals surface area contributed by atoms with Gasteiger partial charge in [0.1, 0.15) is 0 Å². The normalized spacial score (nSPS) is 34.0. The maximum atomic E-state index is 5.74. The molecular formula is C7H16OSi2. The lowest BCUT2D eigenvalue weighted by Gasteiger charge is -2.33. The minimum absolute atomic E-state index is 0.319. The monoisotopic (exact) mass is 172 g/mol. The van der Waals surface area contributed by atoms with Crippen LogP contribution >= 0.6 is 0 Å². The Hall–Kier alpha value is 0.264. The molecule has 1 nitrogen and oxygen atoms in total. The molecule has 10 heavy (non-hydrogen) atoms. The fourth-order valence-corrected chi connectivity index (χ4v) is 3.49. The van der Waals surface area contributed by atoms with Crippen molar-refractivity contribution in [2.45, 2.75) is 30.9 Å². The highest BCUT2D eigenvalue weighted by Crippen LogP contribution is 2.23. The highest BCUT2D eigenvalue weighted by molar-refractivity contribution is 6.29. The minimum atomic E-state index is 0.319. The molecule has 0 bridgehead atoms. The van der Waals surface area contributed by atoms with Gasteiger partial charge < -0.3 is 4.74 Å². The molecule has 1 aliphatic rings. The third-order valence-corrected chi connectivity index (χ3v) is 3.61. The first-order chi connectivity index (χ1) is 4.77. The van der Waals surface area contributed by atoms with E-state index in [-0.39, 0.29) is 0 Å². The highest BCUT2D eigenvalue weighted by Gasteiger charge is 2.25. The summed E-state index contributed by atoms with van der Waals surface area (Å²) in [4.78, 5) is 0. The van der Waals surface area contributed by atoms with Crippen LogP contribution in [-0.2, 0) is 4.74 Å². The molecule has 0 aromatic rings. The van der Waals surface area contributed by atoms with Crippen LogP contribution in [0, 0.1) is 0 Å². The van der Waals surface area contributed by atoms with Crippen LogP contribution in [0.2, 0.25) is 0 Å². The quantitative estimate of drug-likeness (QED) is 0.489. The van der Waals surface area contributed by atoms with E-state index in [2.05, 4.69) is 5.67 Å². The first-order valence-corrected chi connectivity index (χ1v) is 5.83. The molecule has 0 spiro atoms. The predicted molar refractivity (Wildman–Crippen MR) is 51.7 cm³/mol. The molecule has 1 saturated heterocycles. The molecule has 3 heteroatoms. The van der Waals surface area contributed by atoms with Gasteiger partial charge in [-0.25, -0.2) is 0 Å². The van der Waals surface area contributed by atoms with Crippen molar-refractivity contribution in [1.82, 2.24) is 0 Å². The Balaban J connectivity index is 2.39. The predicted octanol–water partition coefficient (Wildman–Crippen LogP) is -0.926. The van der Waals surface area contributed by atoms with Gasteiger partial charge in [0.05, 0.1) is 5.22 Å². The molecule has 1 rings (SSSR count). The summed E-state index contributed by atoms with van der Waals surface area (Å²) in [6.07, 6.45) is 5.13. The lowest BCUT2D eigenvalue weighted by Crippen LogP contribution is -2.37. The highest BCUT2D eigenvalue weighted by atomic mass is 28.1. The second-order valence-electron chi connectivity index (χ2n) is 3.25. The van der Waals surface area contributed by atoms with Crippen LogP contribution < -0.4 is 0 Å². The zero-order chi connectivity index (χ0) is 7.45. The third kappa shape index (κ3) is 2.14. The van der Waals surface area contributed by atoms with Gasteiger partial charge in [-0.3, -0.25) is 0 Å². The minimum Gasteiger partial charge on any atom is -0.379 e. The van der Waals surface area contributed by atoms with Crippen LogP contribution in [-0.4, -0.2) is 37.6 Å². The fraction of sp³-hybridized carbons (Fsp3) is 0.857. The van der Waals surface area contributed by atoms with Crippen LogP contribution in [0.4, 0.5) is 0 Å². The van der Waals surface area contributed by atoms with E-state index in [0.717, 1.165) is 6.61 Å². The summed E-state index contributed by atoms with van der Waals surface area (Å²) < 4.78 is 5.74. The van der Waals surface area contributed by atoms with E-state index in [0.29, 0.717) is 5.22 Å². The molecule has 0 aromatic heterocycles. The third-order valence-electron chi connectivity index (χ3n) is 2.13. The Bertz CT molecular complexity index is 119. The summed E-state index contributed by atoms with van der Waals surface area (Å²) in [6, 6.07) is 0. The van der Waals surface area contributed by atoms with Gasteiger partial charge in [0.2, 0.25) is 0 Å². The Morgan fingerprint density at radius 1 is 1.60 bits per heavy atom. The average Bonchev–Trinajstić information content (AvgIpc) is 1.89. The number of hydrogen-bond donors (Lipinski definition) is 0. The second kappa shape index (κ2) is 3.60. The van der Waals surface area contributed by atoms with Gasteiger partial charge in [-0.15, -0.1) is 5.67 Å². The zero-order valence-electron chi connectivity index (χ0n) is 6.73. The summed E-state index contributed by atoms with van der Waals surface area (Å²) in [5.41, 5.74) is 2.26. The zero-order valence-corrected chi connectivity index (χ0v) is 10.1. The maximum absolute atomic E-state index is 5.74. The number of hydrogen-bond acceptors (Lipinski definition) is 1. The Morgan fingerprint density at radius 2 is 2.40 bits per heavy atom. The lowest BCUT2D eigenvalue weighted by molar-refractivity contribution is -0.0114. The molecule has 0 N–H and O–H groups in total. The lowest BCUT2D eigenvalue weighted by atomic mass is 10.1. The van der Waals surface area contributed by atoms with Crippen LogP contribution in [0.5, 0.6) is 0 Å². The van der Waals surface area contributed by atoms with Crippen LogP contribution in [0.15, 0.2) is 0 Å². The van der Waals surface area contributed by atoms with Crippen LogP contribution in [0.1, 0.15) is 25.7 Å². The van der Waals surface area contributed by atoms with E-state index in [1.807, 2.05) is 9.85 Å².